The molecule has 4 aromatic carbocycles. The standard InChI is InChI=1S/C46H26N10O2/c1-2-8-27(9-3-1)55-36-16-14-25(32-22-49-44-40(52-32)39-43(57-44)48-19-18-47-39)20-30(36)31-21-26(15-17-37(31)55)33-23-50-45-41(53-33)42-46(58-45)51-24-38(54-42)56-34-12-6-4-10-28(34)29-11-5-7-13-35(29)56/h1-24,30,36H. The molecule has 13 rings (SSSR count). The maximum atomic E-state index is 6.09. The molecule has 2 aliphatic rings. The van der Waals surface area contributed by atoms with Crippen LogP contribution in [-0.2, 0) is 0 Å². The Balaban J connectivity index is 0.937. The van der Waals surface area contributed by atoms with Crippen molar-refractivity contribution in [2.24, 2.45) is 0 Å². The van der Waals surface area contributed by atoms with Crippen molar-refractivity contribution >= 4 is 83.7 Å². The second-order valence-corrected chi connectivity index (χ2v) is 14.5. The molecule has 7 aromatic heterocycles. The second-order valence-electron chi connectivity index (χ2n) is 14.5. The SMILES string of the molecule is C1=CC2C(C=C1c1cnc3oc4nccnc4c3n1)c1cc(-c3cnc4oc5ncc(-n6c7ccccc7c7ccccc76)nc5c4n3)ccc1N2c1ccccc1. The van der Waals surface area contributed by atoms with Crippen LogP contribution in [0.25, 0.3) is 89.4 Å². The number of allylic oxidation sites excluding steroid dienone is 2. The Kier molecular flexibility index (Phi) is 6.28. The number of hydrogen-bond donors (Lipinski definition) is 0. The lowest BCUT2D eigenvalue weighted by Gasteiger charge is -2.29. The fourth-order valence-corrected chi connectivity index (χ4v) is 8.73. The van der Waals surface area contributed by atoms with E-state index in [2.05, 4.69) is 122 Å². The third kappa shape index (κ3) is 4.44. The van der Waals surface area contributed by atoms with Crippen molar-refractivity contribution in [3.05, 3.63) is 158 Å². The van der Waals surface area contributed by atoms with Crippen molar-refractivity contribution < 1.29 is 8.83 Å². The minimum atomic E-state index is -0.000347. The first-order valence-corrected chi connectivity index (χ1v) is 18.9. The molecule has 8 heterocycles. The predicted molar refractivity (Wildman–Crippen MR) is 222 cm³/mol. The topological polar surface area (TPSA) is 138 Å². The quantitative estimate of drug-likeness (QED) is 0.170. The van der Waals surface area contributed by atoms with Gasteiger partial charge in [-0.3, -0.25) is 4.57 Å². The summed E-state index contributed by atoms with van der Waals surface area (Å²) in [5.74, 6) is 0.676. The number of nitrogens with zero attached hydrogens (tertiary/aromatic N) is 10. The summed E-state index contributed by atoms with van der Waals surface area (Å²) in [7, 11) is 0. The van der Waals surface area contributed by atoms with Crippen LogP contribution in [0.3, 0.4) is 0 Å². The Morgan fingerprint density at radius 3 is 1.98 bits per heavy atom. The molecular formula is C46H26N10O2. The normalized spacial score (nSPS) is 16.3. The highest BCUT2D eigenvalue weighted by Gasteiger charge is 2.39. The Bertz CT molecular complexity index is 3510. The lowest BCUT2D eigenvalue weighted by Crippen LogP contribution is -2.28. The molecule has 0 fully saturated rings. The average Bonchev–Trinajstić information content (AvgIpc) is 4.03. The molecule has 12 nitrogen and oxygen atoms in total. The lowest BCUT2D eigenvalue weighted by atomic mass is 9.87. The largest absolute Gasteiger partial charge is 0.416 e. The van der Waals surface area contributed by atoms with Gasteiger partial charge in [0.2, 0.25) is 22.9 Å². The van der Waals surface area contributed by atoms with Gasteiger partial charge < -0.3 is 13.7 Å². The number of furan rings is 2. The van der Waals surface area contributed by atoms with Crippen LogP contribution in [0, 0.1) is 0 Å². The number of para-hydroxylation sites is 3. The smallest absolute Gasteiger partial charge is 0.249 e. The highest BCUT2D eigenvalue weighted by molar-refractivity contribution is 6.09. The molecule has 0 amide bonds. The predicted octanol–water partition coefficient (Wildman–Crippen LogP) is 9.67. The second kappa shape index (κ2) is 11.7. The van der Waals surface area contributed by atoms with E-state index < -0.39 is 0 Å². The molecule has 0 saturated heterocycles. The zero-order chi connectivity index (χ0) is 37.9. The summed E-state index contributed by atoms with van der Waals surface area (Å²) in [6.45, 7) is 0. The molecule has 0 N–H and O–H groups in total. The molecular weight excluding hydrogens is 725 g/mol. The maximum absolute atomic E-state index is 6.09. The fraction of sp³-hybridized carbons (Fsp3) is 0.0435. The Morgan fingerprint density at radius 2 is 1.19 bits per heavy atom. The van der Waals surface area contributed by atoms with E-state index in [1.54, 1.807) is 31.0 Å². The van der Waals surface area contributed by atoms with Crippen LogP contribution in [0.5, 0.6) is 0 Å². The third-order valence-electron chi connectivity index (χ3n) is 11.3. The summed E-state index contributed by atoms with van der Waals surface area (Å²) in [4.78, 5) is 40.4. The van der Waals surface area contributed by atoms with Crippen LogP contribution in [0.15, 0.2) is 155 Å². The molecule has 2 atom stereocenters. The number of hydrogen-bond acceptors (Lipinski definition) is 11. The van der Waals surface area contributed by atoms with Gasteiger partial charge in [-0.25, -0.2) is 39.9 Å². The van der Waals surface area contributed by atoms with Crippen molar-refractivity contribution in [2.75, 3.05) is 4.90 Å². The van der Waals surface area contributed by atoms with E-state index >= 15 is 0 Å². The zero-order valence-corrected chi connectivity index (χ0v) is 30.3. The number of rotatable bonds is 4. The van der Waals surface area contributed by atoms with Crippen molar-refractivity contribution in [1.29, 1.82) is 0 Å². The third-order valence-corrected chi connectivity index (χ3v) is 11.3. The van der Waals surface area contributed by atoms with Gasteiger partial charge in [0.05, 0.1) is 47.1 Å². The molecule has 58 heavy (non-hydrogen) atoms. The van der Waals surface area contributed by atoms with Gasteiger partial charge in [-0.1, -0.05) is 78.9 Å². The molecule has 1 aliphatic heterocycles. The molecule has 0 saturated carbocycles. The van der Waals surface area contributed by atoms with Gasteiger partial charge in [-0.2, -0.15) is 0 Å². The van der Waals surface area contributed by atoms with E-state index in [0.29, 0.717) is 56.4 Å². The van der Waals surface area contributed by atoms with Gasteiger partial charge in [-0.15, -0.1) is 0 Å². The lowest BCUT2D eigenvalue weighted by molar-refractivity contribution is 0.637. The van der Waals surface area contributed by atoms with Crippen molar-refractivity contribution in [3.63, 3.8) is 0 Å². The first-order chi connectivity index (χ1) is 28.7. The summed E-state index contributed by atoms with van der Waals surface area (Å²) in [5.41, 5.74) is 12.7. The van der Waals surface area contributed by atoms with Crippen LogP contribution in [-0.4, -0.2) is 50.5 Å². The van der Waals surface area contributed by atoms with E-state index in [9.17, 15) is 0 Å². The number of aromatic nitrogens is 9. The Labute approximate surface area is 327 Å². The number of fused-ring (bicyclic) bond motifs is 12. The van der Waals surface area contributed by atoms with Gasteiger partial charge in [0.25, 0.3) is 0 Å². The molecule has 0 spiro atoms. The molecule has 0 radical (unpaired) electrons. The summed E-state index contributed by atoms with van der Waals surface area (Å²) in [5, 5.41) is 2.30. The highest BCUT2D eigenvalue weighted by atomic mass is 16.4. The molecule has 0 bridgehead atoms. The van der Waals surface area contributed by atoms with Crippen molar-refractivity contribution in [2.45, 2.75) is 12.0 Å². The highest BCUT2D eigenvalue weighted by Crippen LogP contribution is 2.50. The van der Waals surface area contributed by atoms with Gasteiger partial charge >= 0.3 is 0 Å². The van der Waals surface area contributed by atoms with Crippen molar-refractivity contribution in [1.82, 2.24) is 44.4 Å². The number of benzene rings is 4. The molecule has 1 aliphatic carbocycles. The Morgan fingerprint density at radius 1 is 0.552 bits per heavy atom. The minimum Gasteiger partial charge on any atom is -0.416 e. The average molecular weight is 751 g/mol. The Hall–Kier alpha value is -8.12. The van der Waals surface area contributed by atoms with Gasteiger partial charge in [0, 0.05) is 46.0 Å². The zero-order valence-electron chi connectivity index (χ0n) is 30.3. The summed E-state index contributed by atoms with van der Waals surface area (Å²) in [6.07, 6.45) is 15.1. The van der Waals surface area contributed by atoms with E-state index in [-0.39, 0.29) is 12.0 Å². The molecule has 2 unspecified atom stereocenters. The van der Waals surface area contributed by atoms with Crippen LogP contribution in [0.2, 0.25) is 0 Å². The van der Waals surface area contributed by atoms with E-state index in [1.807, 2.05) is 18.2 Å². The fourth-order valence-electron chi connectivity index (χ4n) is 8.73. The van der Waals surface area contributed by atoms with E-state index in [0.717, 1.165) is 55.6 Å². The summed E-state index contributed by atoms with van der Waals surface area (Å²) < 4.78 is 14.0. The first-order valence-electron chi connectivity index (χ1n) is 18.9. The van der Waals surface area contributed by atoms with Gasteiger partial charge in [0.15, 0.2) is 27.9 Å². The van der Waals surface area contributed by atoms with Crippen LogP contribution >= 0.6 is 0 Å². The molecule has 12 heteroatoms. The van der Waals surface area contributed by atoms with Gasteiger partial charge in [-0.05, 0) is 47.5 Å². The first kappa shape index (κ1) is 31.1. The summed E-state index contributed by atoms with van der Waals surface area (Å²) in [6, 6.07) is 33.7. The monoisotopic (exact) mass is 750 g/mol. The van der Waals surface area contributed by atoms with Crippen molar-refractivity contribution in [3.8, 4) is 17.1 Å². The minimum absolute atomic E-state index is 0.000347. The number of anilines is 2. The van der Waals surface area contributed by atoms with Crippen LogP contribution < -0.4 is 4.90 Å². The maximum Gasteiger partial charge on any atom is 0.249 e. The van der Waals surface area contributed by atoms with E-state index in [1.165, 1.54) is 0 Å². The molecule has 272 valence electrons. The summed E-state index contributed by atoms with van der Waals surface area (Å²) >= 11 is 0. The van der Waals surface area contributed by atoms with Crippen LogP contribution in [0.4, 0.5) is 11.4 Å². The van der Waals surface area contributed by atoms with Gasteiger partial charge in [0.1, 0.15) is 0 Å². The van der Waals surface area contributed by atoms with E-state index in [4.69, 9.17) is 33.8 Å². The molecule has 11 aromatic rings. The van der Waals surface area contributed by atoms with Crippen LogP contribution in [0.1, 0.15) is 17.2 Å².